The maximum atomic E-state index is 11.8. The average molecular weight is 258 g/mol. The fraction of sp³-hybridized carbons (Fsp3) is 0.0833. The number of fused-ring (bicyclic) bond motifs is 1. The van der Waals surface area contributed by atoms with Gasteiger partial charge in [-0.2, -0.15) is 9.61 Å². The zero-order valence-electron chi connectivity index (χ0n) is 9.41. The minimum absolute atomic E-state index is 0.131. The topological polar surface area (TPSA) is 59.3 Å². The second-order valence-corrected chi connectivity index (χ2v) is 4.75. The van der Waals surface area contributed by atoms with Gasteiger partial charge in [0.05, 0.1) is 0 Å². The van der Waals surface area contributed by atoms with Crippen molar-refractivity contribution < 1.29 is 0 Å². The molecule has 0 radical (unpaired) electrons. The molecule has 2 aromatic heterocycles. The first-order valence-corrected chi connectivity index (χ1v) is 6.26. The highest BCUT2D eigenvalue weighted by molar-refractivity contribution is 7.14. The Labute approximate surface area is 106 Å². The summed E-state index contributed by atoms with van der Waals surface area (Å²) in [6, 6.07) is 10.0. The minimum atomic E-state index is -0.131. The first-order valence-electron chi connectivity index (χ1n) is 5.44. The fourth-order valence-corrected chi connectivity index (χ4v) is 2.46. The van der Waals surface area contributed by atoms with E-state index in [1.54, 1.807) is 6.20 Å². The number of aromatic nitrogens is 3. The number of thiazole rings is 1. The van der Waals surface area contributed by atoms with Crippen LogP contribution in [0.1, 0.15) is 5.56 Å². The van der Waals surface area contributed by atoms with E-state index in [4.69, 9.17) is 0 Å². The lowest BCUT2D eigenvalue weighted by Crippen LogP contribution is -2.26. The summed E-state index contributed by atoms with van der Waals surface area (Å²) >= 11 is 1.32. The van der Waals surface area contributed by atoms with Gasteiger partial charge < -0.3 is 5.32 Å². The summed E-state index contributed by atoms with van der Waals surface area (Å²) in [4.78, 5) is 16.4. The zero-order valence-corrected chi connectivity index (χ0v) is 10.2. The molecule has 3 rings (SSSR count). The Morgan fingerprint density at radius 2 is 2.17 bits per heavy atom. The Hall–Kier alpha value is -2.21. The van der Waals surface area contributed by atoms with Gasteiger partial charge in [-0.15, -0.1) is 0 Å². The maximum absolute atomic E-state index is 11.8. The third-order valence-electron chi connectivity index (χ3n) is 2.50. The molecule has 6 heteroatoms. The van der Waals surface area contributed by atoms with Crippen LogP contribution in [0.4, 0.5) is 0 Å². The molecule has 90 valence electrons. The van der Waals surface area contributed by atoms with Crippen molar-refractivity contribution >= 4 is 22.5 Å². The molecule has 0 saturated carbocycles. The summed E-state index contributed by atoms with van der Waals surface area (Å²) in [5, 5.41) is 6.99. The smallest absolute Gasteiger partial charge is 0.292 e. The van der Waals surface area contributed by atoms with Gasteiger partial charge in [-0.25, -0.2) is 4.98 Å². The van der Waals surface area contributed by atoms with E-state index in [9.17, 15) is 4.79 Å². The summed E-state index contributed by atoms with van der Waals surface area (Å²) in [7, 11) is 0. The highest BCUT2D eigenvalue weighted by atomic mass is 32.1. The third-order valence-corrected chi connectivity index (χ3v) is 3.48. The van der Waals surface area contributed by atoms with Gasteiger partial charge in [0, 0.05) is 12.7 Å². The molecule has 0 atom stereocenters. The van der Waals surface area contributed by atoms with E-state index in [1.165, 1.54) is 27.7 Å². The average Bonchev–Trinajstić information content (AvgIpc) is 2.96. The molecular formula is C12H10N4OS. The Bertz CT molecular complexity index is 762. The van der Waals surface area contributed by atoms with Crippen LogP contribution in [0.2, 0.25) is 0 Å². The van der Waals surface area contributed by atoms with Crippen LogP contribution in [0, 0.1) is 0 Å². The molecule has 0 amide bonds. The van der Waals surface area contributed by atoms with E-state index in [1.807, 2.05) is 30.3 Å². The molecule has 2 heterocycles. The van der Waals surface area contributed by atoms with E-state index in [2.05, 4.69) is 15.4 Å². The standard InChI is InChI=1S/C12H10N4OS/c17-11-10(18-12-14-8-15-16(11)12)7-13-6-9-4-2-1-3-5-9/h1-5,7-8,13H,6H2/b10-7-. The van der Waals surface area contributed by atoms with Gasteiger partial charge in [0.1, 0.15) is 10.9 Å². The van der Waals surface area contributed by atoms with Crippen LogP contribution in [0.15, 0.2) is 41.5 Å². The quantitative estimate of drug-likeness (QED) is 0.738. The number of rotatable bonds is 3. The van der Waals surface area contributed by atoms with Gasteiger partial charge in [-0.05, 0) is 5.56 Å². The molecule has 0 aliphatic heterocycles. The number of hydrogen-bond donors (Lipinski definition) is 1. The van der Waals surface area contributed by atoms with Crippen molar-refractivity contribution in [1.29, 1.82) is 0 Å². The van der Waals surface area contributed by atoms with E-state index in [0.29, 0.717) is 16.0 Å². The van der Waals surface area contributed by atoms with Crippen LogP contribution in [0.3, 0.4) is 0 Å². The normalized spacial score (nSPS) is 12.1. The Kier molecular flexibility index (Phi) is 2.77. The largest absolute Gasteiger partial charge is 0.386 e. The Morgan fingerprint density at radius 3 is 2.94 bits per heavy atom. The summed E-state index contributed by atoms with van der Waals surface area (Å²) in [5.74, 6) is 0. The van der Waals surface area contributed by atoms with Crippen LogP contribution in [-0.2, 0) is 6.54 Å². The molecule has 18 heavy (non-hydrogen) atoms. The van der Waals surface area contributed by atoms with Crippen LogP contribution in [-0.4, -0.2) is 14.6 Å². The van der Waals surface area contributed by atoms with Gasteiger partial charge in [0.25, 0.3) is 5.56 Å². The van der Waals surface area contributed by atoms with E-state index >= 15 is 0 Å². The number of nitrogens with one attached hydrogen (secondary N) is 1. The van der Waals surface area contributed by atoms with E-state index in [-0.39, 0.29) is 5.56 Å². The third kappa shape index (κ3) is 1.98. The highest BCUT2D eigenvalue weighted by Crippen LogP contribution is 1.98. The predicted octanol–water partition coefficient (Wildman–Crippen LogP) is 0.398. The van der Waals surface area contributed by atoms with E-state index < -0.39 is 0 Å². The molecule has 0 unspecified atom stereocenters. The van der Waals surface area contributed by atoms with Gasteiger partial charge in [0.15, 0.2) is 0 Å². The minimum Gasteiger partial charge on any atom is -0.386 e. The van der Waals surface area contributed by atoms with Crippen LogP contribution >= 0.6 is 11.3 Å². The molecule has 1 N–H and O–H groups in total. The van der Waals surface area contributed by atoms with Crippen molar-refractivity contribution in [2.75, 3.05) is 0 Å². The fourth-order valence-electron chi connectivity index (χ4n) is 1.63. The predicted molar refractivity (Wildman–Crippen MR) is 70.1 cm³/mol. The molecular weight excluding hydrogens is 248 g/mol. The summed E-state index contributed by atoms with van der Waals surface area (Å²) in [5.41, 5.74) is 1.04. The number of nitrogens with zero attached hydrogens (tertiary/aromatic N) is 3. The molecule has 5 nitrogen and oxygen atoms in total. The zero-order chi connectivity index (χ0) is 12.4. The van der Waals surface area contributed by atoms with Crippen molar-refractivity contribution in [2.45, 2.75) is 6.54 Å². The molecule has 3 aromatic rings. The van der Waals surface area contributed by atoms with Gasteiger partial charge in [-0.1, -0.05) is 41.7 Å². The Morgan fingerprint density at radius 1 is 1.33 bits per heavy atom. The highest BCUT2D eigenvalue weighted by Gasteiger charge is 2.03. The first-order chi connectivity index (χ1) is 8.84. The molecule has 0 spiro atoms. The van der Waals surface area contributed by atoms with Gasteiger partial charge in [-0.3, -0.25) is 4.79 Å². The van der Waals surface area contributed by atoms with Crippen LogP contribution in [0.25, 0.3) is 11.2 Å². The lowest BCUT2D eigenvalue weighted by Gasteiger charge is -1.98. The monoisotopic (exact) mass is 258 g/mol. The molecule has 0 aliphatic rings. The van der Waals surface area contributed by atoms with Crippen molar-refractivity contribution in [2.24, 2.45) is 0 Å². The van der Waals surface area contributed by atoms with Gasteiger partial charge >= 0.3 is 0 Å². The van der Waals surface area contributed by atoms with Crippen LogP contribution < -0.4 is 15.4 Å². The summed E-state index contributed by atoms with van der Waals surface area (Å²) in [6.45, 7) is 0.688. The van der Waals surface area contributed by atoms with Crippen molar-refractivity contribution in [3.05, 3.63) is 57.1 Å². The molecule has 0 aliphatic carbocycles. The number of benzene rings is 1. The summed E-state index contributed by atoms with van der Waals surface area (Å²) < 4.78 is 1.92. The lowest BCUT2D eigenvalue weighted by molar-refractivity contribution is 0.903. The molecule has 0 bridgehead atoms. The van der Waals surface area contributed by atoms with Crippen molar-refractivity contribution in [3.63, 3.8) is 0 Å². The van der Waals surface area contributed by atoms with Crippen molar-refractivity contribution in [1.82, 2.24) is 19.9 Å². The SMILES string of the molecule is O=c1/c(=C/NCc2ccccc2)sc2ncnn12. The molecule has 1 aromatic carbocycles. The first kappa shape index (κ1) is 10.9. The number of hydrogen-bond acceptors (Lipinski definition) is 5. The molecule has 0 saturated heterocycles. The summed E-state index contributed by atoms with van der Waals surface area (Å²) in [6.07, 6.45) is 3.10. The maximum Gasteiger partial charge on any atom is 0.292 e. The van der Waals surface area contributed by atoms with E-state index in [0.717, 1.165) is 0 Å². The van der Waals surface area contributed by atoms with Gasteiger partial charge in [0.2, 0.25) is 4.96 Å². The Balaban J connectivity index is 1.82. The van der Waals surface area contributed by atoms with Crippen molar-refractivity contribution in [3.8, 4) is 0 Å². The van der Waals surface area contributed by atoms with Crippen LogP contribution in [0.5, 0.6) is 0 Å². The lowest BCUT2D eigenvalue weighted by atomic mass is 10.2. The second-order valence-electron chi connectivity index (χ2n) is 3.74. The second kappa shape index (κ2) is 4.58. The molecule has 0 fully saturated rings.